The summed E-state index contributed by atoms with van der Waals surface area (Å²) in [5, 5.41) is 0. The molecular formula is C35H43N3O2. The van der Waals surface area contributed by atoms with Crippen LogP contribution in [0.2, 0.25) is 0 Å². The van der Waals surface area contributed by atoms with Crippen molar-refractivity contribution in [2.24, 2.45) is 22.2 Å². The Balaban J connectivity index is 1.12. The molecule has 3 aliphatic heterocycles. The number of carbonyl (C=O) groups excluding carboxylic acids is 1. The Morgan fingerprint density at radius 3 is 2.48 bits per heavy atom. The van der Waals surface area contributed by atoms with E-state index < -0.39 is 5.72 Å². The molecule has 2 aromatic carbocycles. The van der Waals surface area contributed by atoms with E-state index in [0.717, 1.165) is 51.7 Å². The Kier molecular flexibility index (Phi) is 6.01. The summed E-state index contributed by atoms with van der Waals surface area (Å²) < 4.78 is 7.21. The first-order valence-corrected chi connectivity index (χ1v) is 16.0. The predicted molar refractivity (Wildman–Crippen MR) is 157 cm³/mol. The summed E-state index contributed by atoms with van der Waals surface area (Å²) in [4.78, 5) is 25.0. The molecule has 3 heterocycles. The highest BCUT2D eigenvalue weighted by Crippen LogP contribution is 2.63. The standard InChI is InChI=1S/C35H43N3O2/c1-34-21-26-14-8-9-15-28(26)29(34)20-31-35(40-32(36-31)25-12-6-3-7-13-25)22-30(34)33(39)38(35)27-16-18-37(19-17-27)23-24-10-4-2-5-11-24/h2,4-5,8-11,14-15,25,27,29-30,32H,3,6-7,12-13,16-23H2,1H3/t29?,30-,32-,34+,35+/m1/s1. The van der Waals surface area contributed by atoms with E-state index in [2.05, 4.69) is 71.3 Å². The van der Waals surface area contributed by atoms with Crippen LogP contribution in [0.4, 0.5) is 0 Å². The van der Waals surface area contributed by atoms with Crippen molar-refractivity contribution in [1.82, 2.24) is 9.80 Å². The molecule has 5 heteroatoms. The van der Waals surface area contributed by atoms with Gasteiger partial charge in [-0.1, -0.05) is 80.8 Å². The predicted octanol–water partition coefficient (Wildman–Crippen LogP) is 6.32. The Labute approximate surface area is 239 Å². The van der Waals surface area contributed by atoms with E-state index in [4.69, 9.17) is 9.73 Å². The molecule has 8 rings (SSSR count). The lowest BCUT2D eigenvalue weighted by atomic mass is 9.67. The summed E-state index contributed by atoms with van der Waals surface area (Å²) in [7, 11) is 0. The number of amides is 1. The molecule has 0 aromatic heterocycles. The molecule has 2 saturated heterocycles. The molecule has 3 aliphatic carbocycles. The number of likely N-dealkylation sites (tertiary alicyclic amines) is 2. The van der Waals surface area contributed by atoms with Gasteiger partial charge in [0.1, 0.15) is 0 Å². The van der Waals surface area contributed by atoms with Gasteiger partial charge in [0.2, 0.25) is 5.91 Å². The number of nitrogens with zero attached hydrogens (tertiary/aromatic N) is 3. The summed E-state index contributed by atoms with van der Waals surface area (Å²) >= 11 is 0. The summed E-state index contributed by atoms with van der Waals surface area (Å²) in [5.41, 5.74) is 4.74. The summed E-state index contributed by atoms with van der Waals surface area (Å²) in [6.45, 7) is 5.43. The molecule has 2 aromatic rings. The zero-order valence-corrected chi connectivity index (χ0v) is 23.9. The smallest absolute Gasteiger partial charge is 0.229 e. The van der Waals surface area contributed by atoms with Crippen LogP contribution in [-0.2, 0) is 22.5 Å². The lowest BCUT2D eigenvalue weighted by molar-refractivity contribution is -0.164. The molecule has 2 bridgehead atoms. The molecule has 1 amide bonds. The van der Waals surface area contributed by atoms with Crippen molar-refractivity contribution < 1.29 is 9.53 Å². The molecule has 2 saturated carbocycles. The molecule has 6 aliphatic rings. The van der Waals surface area contributed by atoms with Crippen molar-refractivity contribution in [3.63, 3.8) is 0 Å². The number of hydrogen-bond acceptors (Lipinski definition) is 4. The van der Waals surface area contributed by atoms with Crippen LogP contribution in [-0.4, -0.2) is 52.5 Å². The lowest BCUT2D eigenvalue weighted by Gasteiger charge is -2.46. The van der Waals surface area contributed by atoms with E-state index in [-0.39, 0.29) is 23.6 Å². The van der Waals surface area contributed by atoms with Crippen LogP contribution in [0.25, 0.3) is 0 Å². The topological polar surface area (TPSA) is 45.1 Å². The van der Waals surface area contributed by atoms with Gasteiger partial charge in [0.15, 0.2) is 12.0 Å². The van der Waals surface area contributed by atoms with Crippen molar-refractivity contribution in [3.8, 4) is 0 Å². The van der Waals surface area contributed by atoms with E-state index in [0.29, 0.717) is 17.7 Å². The average molecular weight is 538 g/mol. The molecule has 0 radical (unpaired) electrons. The Morgan fingerprint density at radius 2 is 1.68 bits per heavy atom. The third-order valence-electron chi connectivity index (χ3n) is 11.7. The zero-order valence-electron chi connectivity index (χ0n) is 23.9. The number of aliphatic imine (C=N–C) groups is 1. The molecule has 4 fully saturated rings. The number of ether oxygens (including phenoxy) is 1. The number of piperidine rings is 1. The maximum Gasteiger partial charge on any atom is 0.229 e. The second-order valence-corrected chi connectivity index (χ2v) is 13.9. The van der Waals surface area contributed by atoms with Crippen LogP contribution in [0.15, 0.2) is 59.6 Å². The zero-order chi connectivity index (χ0) is 26.9. The van der Waals surface area contributed by atoms with Gasteiger partial charge in [-0.3, -0.25) is 14.7 Å². The first kappa shape index (κ1) is 25.2. The number of rotatable bonds is 4. The molecule has 40 heavy (non-hydrogen) atoms. The van der Waals surface area contributed by atoms with Gasteiger partial charge < -0.3 is 9.64 Å². The fourth-order valence-electron chi connectivity index (χ4n) is 9.55. The quantitative estimate of drug-likeness (QED) is 0.458. The van der Waals surface area contributed by atoms with Crippen molar-refractivity contribution in [2.75, 3.05) is 13.1 Å². The third-order valence-corrected chi connectivity index (χ3v) is 11.7. The molecule has 1 unspecified atom stereocenters. The highest BCUT2D eigenvalue weighted by Gasteiger charge is 2.68. The maximum absolute atomic E-state index is 14.7. The van der Waals surface area contributed by atoms with Crippen LogP contribution >= 0.6 is 0 Å². The van der Waals surface area contributed by atoms with E-state index in [1.54, 1.807) is 0 Å². The number of benzene rings is 2. The monoisotopic (exact) mass is 537 g/mol. The minimum Gasteiger partial charge on any atom is -0.325 e. The van der Waals surface area contributed by atoms with E-state index in [1.807, 2.05) is 0 Å². The molecular weight excluding hydrogens is 494 g/mol. The van der Waals surface area contributed by atoms with E-state index in [1.165, 1.54) is 54.5 Å². The van der Waals surface area contributed by atoms with Crippen LogP contribution in [0.5, 0.6) is 0 Å². The first-order valence-electron chi connectivity index (χ1n) is 16.0. The van der Waals surface area contributed by atoms with Crippen molar-refractivity contribution in [1.29, 1.82) is 0 Å². The third kappa shape index (κ3) is 3.80. The van der Waals surface area contributed by atoms with Gasteiger partial charge in [0, 0.05) is 43.9 Å². The summed E-state index contributed by atoms with van der Waals surface area (Å²) in [6, 6.07) is 20.0. The highest BCUT2D eigenvalue weighted by molar-refractivity contribution is 6.02. The Hall–Kier alpha value is -2.50. The van der Waals surface area contributed by atoms with Crippen LogP contribution in [0, 0.1) is 17.3 Å². The normalized spacial score (nSPS) is 36.2. The highest BCUT2D eigenvalue weighted by atomic mass is 16.6. The SMILES string of the molecule is C[C@]12Cc3ccccc3C1CC1=N[C@@H](C3CCCCC3)O[C@@]13C[C@@H]2C(=O)N3C1CCN(Cc2ccccc2)CC1. The average Bonchev–Trinajstić information content (AvgIpc) is 3.58. The Bertz CT molecular complexity index is 1310. The minimum absolute atomic E-state index is 0.00921. The summed E-state index contributed by atoms with van der Waals surface area (Å²) in [5.74, 6) is 1.18. The first-order chi connectivity index (χ1) is 19.5. The van der Waals surface area contributed by atoms with E-state index in [9.17, 15) is 4.79 Å². The van der Waals surface area contributed by atoms with Crippen molar-refractivity contribution in [3.05, 3.63) is 71.3 Å². The fraction of sp³-hybridized carbons (Fsp3) is 0.600. The van der Waals surface area contributed by atoms with Crippen LogP contribution in [0.1, 0.15) is 87.3 Å². The van der Waals surface area contributed by atoms with Gasteiger partial charge in [-0.15, -0.1) is 0 Å². The molecule has 5 atom stereocenters. The van der Waals surface area contributed by atoms with Crippen molar-refractivity contribution >= 4 is 11.6 Å². The van der Waals surface area contributed by atoms with Gasteiger partial charge in [-0.05, 0) is 66.5 Å². The van der Waals surface area contributed by atoms with Gasteiger partial charge >= 0.3 is 0 Å². The van der Waals surface area contributed by atoms with E-state index >= 15 is 0 Å². The maximum atomic E-state index is 14.7. The number of hydrogen-bond donors (Lipinski definition) is 0. The minimum atomic E-state index is -0.627. The van der Waals surface area contributed by atoms with Gasteiger partial charge in [-0.25, -0.2) is 0 Å². The largest absolute Gasteiger partial charge is 0.325 e. The summed E-state index contributed by atoms with van der Waals surface area (Å²) in [6.07, 6.45) is 11.0. The van der Waals surface area contributed by atoms with Gasteiger partial charge in [0.05, 0.1) is 5.71 Å². The second kappa shape index (κ2) is 9.52. The lowest BCUT2D eigenvalue weighted by Crippen LogP contribution is -2.59. The molecule has 210 valence electrons. The van der Waals surface area contributed by atoms with Crippen molar-refractivity contribution in [2.45, 2.75) is 102 Å². The fourth-order valence-corrected chi connectivity index (χ4v) is 9.55. The van der Waals surface area contributed by atoms with Gasteiger partial charge in [-0.2, -0.15) is 0 Å². The second-order valence-electron chi connectivity index (χ2n) is 13.9. The van der Waals surface area contributed by atoms with Gasteiger partial charge in [0.25, 0.3) is 0 Å². The molecule has 5 nitrogen and oxygen atoms in total. The Morgan fingerprint density at radius 1 is 0.925 bits per heavy atom. The van der Waals surface area contributed by atoms with Crippen LogP contribution < -0.4 is 0 Å². The molecule has 1 spiro atoms. The number of carbonyl (C=O) groups is 1. The molecule has 0 N–H and O–H groups in total. The number of fused-ring (bicyclic) bond motifs is 5. The van der Waals surface area contributed by atoms with Crippen LogP contribution in [0.3, 0.4) is 0 Å².